The van der Waals surface area contributed by atoms with Crippen molar-refractivity contribution in [2.24, 2.45) is 0 Å². The van der Waals surface area contributed by atoms with Gasteiger partial charge in [0.1, 0.15) is 5.82 Å². The molecule has 2 heterocycles. The fraction of sp³-hybridized carbons (Fsp3) is 0.167. The molecule has 2 aromatic carbocycles. The maximum atomic E-state index is 13.8. The second-order valence-corrected chi connectivity index (χ2v) is 7.39. The Morgan fingerprint density at radius 2 is 1.81 bits per heavy atom. The quantitative estimate of drug-likeness (QED) is 0.453. The zero-order valence-electron chi connectivity index (χ0n) is 17.7. The monoisotopic (exact) mass is 433 g/mol. The van der Waals surface area contributed by atoms with Gasteiger partial charge in [-0.15, -0.1) is 0 Å². The first-order valence-electron chi connectivity index (χ1n) is 9.94. The molecule has 0 aliphatic rings. The van der Waals surface area contributed by atoms with Crippen molar-refractivity contribution in [3.05, 3.63) is 77.2 Å². The number of pyridine rings is 1. The van der Waals surface area contributed by atoms with Crippen LogP contribution in [0.1, 0.15) is 28.5 Å². The van der Waals surface area contributed by atoms with Gasteiger partial charge in [-0.1, -0.05) is 47.1 Å². The number of ether oxygens (including phenoxy) is 1. The summed E-state index contributed by atoms with van der Waals surface area (Å²) in [4.78, 5) is 29.9. The predicted octanol–water partition coefficient (Wildman–Crippen LogP) is 4.83. The number of esters is 1. The molecule has 4 rings (SSSR count). The second-order valence-electron chi connectivity index (χ2n) is 7.39. The lowest BCUT2D eigenvalue weighted by atomic mass is 10.0. The number of carbonyl (C=O) groups is 2. The molecule has 0 aliphatic heterocycles. The fourth-order valence-electron chi connectivity index (χ4n) is 3.20. The van der Waals surface area contributed by atoms with Gasteiger partial charge in [0, 0.05) is 5.56 Å². The Bertz CT molecular complexity index is 1310. The molecule has 0 fully saturated rings. The van der Waals surface area contributed by atoms with Gasteiger partial charge in [0.2, 0.25) is 0 Å². The van der Waals surface area contributed by atoms with Gasteiger partial charge in [0.05, 0.1) is 28.0 Å². The highest BCUT2D eigenvalue weighted by Gasteiger charge is 2.25. The molecule has 1 amide bonds. The van der Waals surface area contributed by atoms with Crippen molar-refractivity contribution >= 4 is 28.7 Å². The summed E-state index contributed by atoms with van der Waals surface area (Å²) in [6.45, 7) is 5.06. The van der Waals surface area contributed by atoms with Crippen LogP contribution in [0, 0.1) is 19.7 Å². The molecule has 162 valence electrons. The van der Waals surface area contributed by atoms with Crippen molar-refractivity contribution in [3.63, 3.8) is 0 Å². The van der Waals surface area contributed by atoms with E-state index in [2.05, 4.69) is 15.5 Å². The maximum absolute atomic E-state index is 13.8. The number of hydrogen-bond donors (Lipinski definition) is 1. The highest BCUT2D eigenvalue weighted by molar-refractivity contribution is 6.05. The van der Waals surface area contributed by atoms with Crippen LogP contribution in [0.25, 0.3) is 22.4 Å². The molecular formula is C24H20FN3O4. The molecule has 32 heavy (non-hydrogen) atoms. The molecule has 8 heteroatoms. The first kappa shape index (κ1) is 21.2. The summed E-state index contributed by atoms with van der Waals surface area (Å²) in [6, 6.07) is 14.9. The number of amides is 1. The molecule has 0 aliphatic carbocycles. The third-order valence-corrected chi connectivity index (χ3v) is 4.97. The van der Waals surface area contributed by atoms with E-state index in [0.717, 1.165) is 11.1 Å². The molecular weight excluding hydrogens is 413 g/mol. The van der Waals surface area contributed by atoms with E-state index in [1.807, 2.05) is 31.2 Å². The average molecular weight is 433 g/mol. The summed E-state index contributed by atoms with van der Waals surface area (Å²) in [6.07, 6.45) is -1.17. The van der Waals surface area contributed by atoms with Crippen molar-refractivity contribution in [2.45, 2.75) is 26.9 Å². The summed E-state index contributed by atoms with van der Waals surface area (Å²) in [5.74, 6) is -1.99. The summed E-state index contributed by atoms with van der Waals surface area (Å²) in [5, 5.41) is 6.73. The van der Waals surface area contributed by atoms with E-state index < -0.39 is 23.8 Å². The molecule has 1 N–H and O–H groups in total. The van der Waals surface area contributed by atoms with Crippen LogP contribution in [-0.4, -0.2) is 28.1 Å². The average Bonchev–Trinajstić information content (AvgIpc) is 3.16. The highest BCUT2D eigenvalue weighted by atomic mass is 19.1. The van der Waals surface area contributed by atoms with Gasteiger partial charge in [-0.05, 0) is 39.0 Å². The van der Waals surface area contributed by atoms with Gasteiger partial charge in [-0.25, -0.2) is 14.2 Å². The zero-order chi connectivity index (χ0) is 22.8. The maximum Gasteiger partial charge on any atom is 0.339 e. The van der Waals surface area contributed by atoms with Gasteiger partial charge in [0.15, 0.2) is 6.10 Å². The van der Waals surface area contributed by atoms with Crippen LogP contribution >= 0.6 is 0 Å². The van der Waals surface area contributed by atoms with Crippen LogP contribution in [0.4, 0.5) is 10.1 Å². The highest BCUT2D eigenvalue weighted by Crippen LogP contribution is 2.28. The van der Waals surface area contributed by atoms with Gasteiger partial charge in [0.25, 0.3) is 11.6 Å². The number of rotatable bonds is 5. The smallest absolute Gasteiger partial charge is 0.339 e. The Balaban J connectivity index is 1.62. The number of carbonyl (C=O) groups excluding carboxylic acids is 2. The van der Waals surface area contributed by atoms with Crippen LogP contribution in [0.5, 0.6) is 0 Å². The summed E-state index contributed by atoms with van der Waals surface area (Å²) in [7, 11) is 0. The molecule has 0 radical (unpaired) electrons. The number of fused-ring (bicyclic) bond motifs is 1. The largest absolute Gasteiger partial charge is 0.449 e. The van der Waals surface area contributed by atoms with Gasteiger partial charge in [-0.2, -0.15) is 0 Å². The molecule has 0 spiro atoms. The fourth-order valence-corrected chi connectivity index (χ4v) is 3.20. The molecule has 1 unspecified atom stereocenters. The standard InChI is InChI=1S/C24H20FN3O4/c1-13-8-10-16(11-9-13)20-12-17(21-14(2)28-32-23(21)27-20)24(30)31-15(3)22(29)26-19-7-5-4-6-18(19)25/h4-12,15H,1-3H3,(H,26,29). The molecule has 0 saturated carbocycles. The minimum absolute atomic E-state index is 0.00300. The van der Waals surface area contributed by atoms with Crippen LogP contribution in [-0.2, 0) is 9.53 Å². The number of hydrogen-bond acceptors (Lipinski definition) is 6. The van der Waals surface area contributed by atoms with E-state index in [4.69, 9.17) is 9.26 Å². The molecule has 2 aromatic heterocycles. The lowest BCUT2D eigenvalue weighted by Gasteiger charge is -2.14. The van der Waals surface area contributed by atoms with Crippen LogP contribution in [0.2, 0.25) is 0 Å². The number of anilines is 1. The third kappa shape index (κ3) is 4.20. The van der Waals surface area contributed by atoms with Gasteiger partial charge >= 0.3 is 5.97 Å². The van der Waals surface area contributed by atoms with E-state index in [1.54, 1.807) is 19.1 Å². The normalized spacial score (nSPS) is 11.9. The SMILES string of the molecule is Cc1ccc(-c2cc(C(=O)OC(C)C(=O)Nc3ccccc3F)c3c(C)noc3n2)cc1. The minimum Gasteiger partial charge on any atom is -0.449 e. The van der Waals surface area contributed by atoms with E-state index in [9.17, 15) is 14.0 Å². The van der Waals surface area contributed by atoms with Crippen LogP contribution in [0.3, 0.4) is 0 Å². The first-order chi connectivity index (χ1) is 15.3. The number of aromatic nitrogens is 2. The van der Waals surface area contributed by atoms with Gasteiger partial charge in [-0.3, -0.25) is 4.79 Å². The van der Waals surface area contributed by atoms with Crippen molar-refractivity contribution in [3.8, 4) is 11.3 Å². The van der Waals surface area contributed by atoms with E-state index in [0.29, 0.717) is 16.8 Å². The minimum atomic E-state index is -1.17. The van der Waals surface area contributed by atoms with Crippen molar-refractivity contribution in [2.75, 3.05) is 5.32 Å². The summed E-state index contributed by atoms with van der Waals surface area (Å²) in [5.41, 5.74) is 3.21. The summed E-state index contributed by atoms with van der Waals surface area (Å²) < 4.78 is 24.5. The van der Waals surface area contributed by atoms with Crippen LogP contribution < -0.4 is 5.32 Å². The number of aryl methyl sites for hydroxylation is 2. The Morgan fingerprint density at radius 3 is 2.53 bits per heavy atom. The molecule has 1 atom stereocenters. The molecule has 4 aromatic rings. The third-order valence-electron chi connectivity index (χ3n) is 4.97. The lowest BCUT2D eigenvalue weighted by molar-refractivity contribution is -0.123. The van der Waals surface area contributed by atoms with E-state index in [1.165, 1.54) is 25.1 Å². The Morgan fingerprint density at radius 1 is 1.09 bits per heavy atom. The number of nitrogens with one attached hydrogen (secondary N) is 1. The van der Waals surface area contributed by atoms with Gasteiger partial charge < -0.3 is 14.6 Å². The Kier molecular flexibility index (Phi) is 5.68. The van der Waals surface area contributed by atoms with Crippen molar-refractivity contribution in [1.82, 2.24) is 10.1 Å². The van der Waals surface area contributed by atoms with E-state index >= 15 is 0 Å². The zero-order valence-corrected chi connectivity index (χ0v) is 17.7. The molecule has 0 bridgehead atoms. The van der Waals surface area contributed by atoms with Crippen molar-refractivity contribution < 1.29 is 23.2 Å². The molecule has 7 nitrogen and oxygen atoms in total. The second kappa shape index (κ2) is 8.58. The topological polar surface area (TPSA) is 94.3 Å². The van der Waals surface area contributed by atoms with E-state index in [-0.39, 0.29) is 17.0 Å². The van der Waals surface area contributed by atoms with Crippen molar-refractivity contribution in [1.29, 1.82) is 0 Å². The number of halogens is 1. The summed E-state index contributed by atoms with van der Waals surface area (Å²) >= 11 is 0. The number of benzene rings is 2. The number of nitrogens with zero attached hydrogens (tertiary/aromatic N) is 2. The Labute approximate surface area is 183 Å². The Hall–Kier alpha value is -4.07. The lowest BCUT2D eigenvalue weighted by Crippen LogP contribution is -2.30. The predicted molar refractivity (Wildman–Crippen MR) is 117 cm³/mol. The molecule has 0 saturated heterocycles. The first-order valence-corrected chi connectivity index (χ1v) is 9.94. The van der Waals surface area contributed by atoms with Crippen LogP contribution in [0.15, 0.2) is 59.1 Å². The number of para-hydroxylation sites is 1.